The quantitative estimate of drug-likeness (QED) is 0.442. The van der Waals surface area contributed by atoms with E-state index in [1.54, 1.807) is 12.1 Å². The lowest BCUT2D eigenvalue weighted by Crippen LogP contribution is -2.52. The second kappa shape index (κ2) is 9.34. The Morgan fingerprint density at radius 2 is 2.04 bits per heavy atom. The van der Waals surface area contributed by atoms with Gasteiger partial charge in [0.2, 0.25) is 0 Å². The van der Waals surface area contributed by atoms with Gasteiger partial charge in [-0.05, 0) is 33.3 Å². The molecule has 2 rings (SSSR count). The Hall–Kier alpha value is -1.64. The van der Waals surface area contributed by atoms with Crippen molar-refractivity contribution in [2.45, 2.75) is 45.9 Å². The maximum atomic E-state index is 12.0. The number of esters is 1. The molecule has 0 N–H and O–H groups in total. The second-order valence-corrected chi connectivity index (χ2v) is 7.57. The number of piperazine rings is 1. The Balaban J connectivity index is 0.00000338. The molecule has 1 fully saturated rings. The first-order valence-electron chi connectivity index (χ1n) is 8.55. The van der Waals surface area contributed by atoms with Crippen LogP contribution in [0, 0.1) is 10.1 Å². The fourth-order valence-electron chi connectivity index (χ4n) is 3.01. The minimum atomic E-state index is -0.466. The number of non-ortho nitro benzene ring substituents is 1. The molecule has 0 radical (unpaired) electrons. The molecule has 7 nitrogen and oxygen atoms in total. The number of nitro groups is 1. The zero-order chi connectivity index (χ0) is 18.6. The molecule has 1 aliphatic rings. The van der Waals surface area contributed by atoms with Gasteiger partial charge in [0, 0.05) is 44.4 Å². The normalized spacial score (nSPS) is 18.8. The summed E-state index contributed by atoms with van der Waals surface area (Å²) in [5.74, 6) is -0.202. The van der Waals surface area contributed by atoms with Gasteiger partial charge in [0.05, 0.1) is 11.5 Å². The molecule has 0 spiro atoms. The zero-order valence-electron chi connectivity index (χ0n) is 15.9. The molecule has 0 bridgehead atoms. The maximum Gasteiger partial charge on any atom is 0.320 e. The van der Waals surface area contributed by atoms with Crippen LogP contribution in [0.1, 0.15) is 33.3 Å². The number of benzene rings is 1. The highest BCUT2D eigenvalue weighted by Gasteiger charge is 2.26. The lowest BCUT2D eigenvalue weighted by atomic mass is 10.1. The van der Waals surface area contributed by atoms with Gasteiger partial charge in [0.15, 0.2) is 0 Å². The van der Waals surface area contributed by atoms with Crippen molar-refractivity contribution in [1.29, 1.82) is 0 Å². The number of hydrogen-bond donors (Lipinski definition) is 0. The van der Waals surface area contributed by atoms with E-state index in [2.05, 4.69) is 16.7 Å². The van der Waals surface area contributed by atoms with Crippen LogP contribution < -0.4 is 0 Å². The second-order valence-electron chi connectivity index (χ2n) is 7.57. The Bertz CT molecular complexity index is 633. The largest absolute Gasteiger partial charge is 0.459 e. The number of rotatable bonds is 5. The highest BCUT2D eigenvalue weighted by Crippen LogP contribution is 2.18. The van der Waals surface area contributed by atoms with Gasteiger partial charge in [0.25, 0.3) is 5.69 Å². The van der Waals surface area contributed by atoms with Crippen molar-refractivity contribution in [3.63, 3.8) is 0 Å². The van der Waals surface area contributed by atoms with E-state index in [-0.39, 0.29) is 36.1 Å². The van der Waals surface area contributed by atoms with Gasteiger partial charge in [-0.15, -0.1) is 0 Å². The maximum absolute atomic E-state index is 12.0. The van der Waals surface area contributed by atoms with Crippen molar-refractivity contribution in [2.75, 3.05) is 26.2 Å². The fraction of sp³-hybridized carbons (Fsp3) is 0.611. The number of nitrogens with zero attached hydrogens (tertiary/aromatic N) is 3. The molecule has 1 unspecified atom stereocenters. The predicted octanol–water partition coefficient (Wildman–Crippen LogP) is 2.56. The van der Waals surface area contributed by atoms with Crippen LogP contribution in [0.5, 0.6) is 0 Å². The number of nitro benzene ring substituents is 1. The third-order valence-electron chi connectivity index (χ3n) is 4.13. The molecule has 26 heavy (non-hydrogen) atoms. The first-order chi connectivity index (χ1) is 11.6. The Morgan fingerprint density at radius 3 is 2.62 bits per heavy atom. The van der Waals surface area contributed by atoms with E-state index < -0.39 is 5.60 Å². The Labute approximate surface area is 161 Å². The molecule has 1 aromatic carbocycles. The molecule has 8 heteroatoms. The van der Waals surface area contributed by atoms with Crippen LogP contribution in [0.4, 0.5) is 5.69 Å². The van der Waals surface area contributed by atoms with E-state index in [0.717, 1.165) is 25.2 Å². The standard InChI is InChI=1S/C18H27N3O4.H2S/c1-14-11-19(13-17(22)25-18(2,3)4)8-9-20(14)12-15-6-5-7-16(10-15)21(23)24;/h5-7,10,14H,8-9,11-13H2,1-4H3;1H2. The number of hydrogen-bond acceptors (Lipinski definition) is 6. The van der Waals surface area contributed by atoms with Crippen LogP contribution in [0.3, 0.4) is 0 Å². The number of carbonyl (C=O) groups excluding carboxylic acids is 1. The highest BCUT2D eigenvalue weighted by atomic mass is 32.1. The average molecular weight is 384 g/mol. The van der Waals surface area contributed by atoms with Crippen LogP contribution in [-0.2, 0) is 16.1 Å². The summed E-state index contributed by atoms with van der Waals surface area (Å²) in [5.41, 5.74) is 0.586. The van der Waals surface area contributed by atoms with Crippen LogP contribution in [0.2, 0.25) is 0 Å². The molecule has 1 heterocycles. The summed E-state index contributed by atoms with van der Waals surface area (Å²) in [7, 11) is 0. The number of ether oxygens (including phenoxy) is 1. The van der Waals surface area contributed by atoms with E-state index in [1.165, 1.54) is 6.07 Å². The third-order valence-corrected chi connectivity index (χ3v) is 4.13. The van der Waals surface area contributed by atoms with E-state index in [9.17, 15) is 14.9 Å². The SMILES string of the molecule is CC1CN(CC(=O)OC(C)(C)C)CCN1Cc1cccc([N+](=O)[O-])c1.S. The summed E-state index contributed by atoms with van der Waals surface area (Å²) in [6.07, 6.45) is 0. The monoisotopic (exact) mass is 383 g/mol. The van der Waals surface area contributed by atoms with E-state index in [1.807, 2.05) is 26.8 Å². The zero-order valence-corrected chi connectivity index (χ0v) is 16.9. The Morgan fingerprint density at radius 1 is 1.35 bits per heavy atom. The molecule has 0 saturated carbocycles. The van der Waals surface area contributed by atoms with Crippen LogP contribution in [0.25, 0.3) is 0 Å². The van der Waals surface area contributed by atoms with Gasteiger partial charge in [-0.25, -0.2) is 0 Å². The molecule has 1 aromatic rings. The van der Waals surface area contributed by atoms with Crippen molar-refractivity contribution in [1.82, 2.24) is 9.80 Å². The minimum Gasteiger partial charge on any atom is -0.459 e. The molecule has 1 saturated heterocycles. The van der Waals surface area contributed by atoms with Gasteiger partial charge < -0.3 is 4.74 Å². The summed E-state index contributed by atoms with van der Waals surface area (Å²) in [4.78, 5) is 26.9. The molecule has 1 atom stereocenters. The van der Waals surface area contributed by atoms with Crippen LogP contribution in [-0.4, -0.2) is 58.5 Å². The molecule has 0 aliphatic carbocycles. The van der Waals surface area contributed by atoms with Gasteiger partial charge >= 0.3 is 5.97 Å². The minimum absolute atomic E-state index is 0. The van der Waals surface area contributed by atoms with Gasteiger partial charge in [-0.2, -0.15) is 13.5 Å². The van der Waals surface area contributed by atoms with Crippen LogP contribution in [0.15, 0.2) is 24.3 Å². The summed E-state index contributed by atoms with van der Waals surface area (Å²) < 4.78 is 5.38. The molecular weight excluding hydrogens is 354 g/mol. The first-order valence-corrected chi connectivity index (χ1v) is 8.55. The van der Waals surface area contributed by atoms with Gasteiger partial charge in [-0.1, -0.05) is 12.1 Å². The average Bonchev–Trinajstić information content (AvgIpc) is 2.48. The first kappa shape index (κ1) is 22.4. The third kappa shape index (κ3) is 6.93. The van der Waals surface area contributed by atoms with Gasteiger partial charge in [-0.3, -0.25) is 24.7 Å². The van der Waals surface area contributed by atoms with Crippen molar-refractivity contribution in [3.8, 4) is 0 Å². The van der Waals surface area contributed by atoms with Crippen molar-refractivity contribution in [2.24, 2.45) is 0 Å². The lowest BCUT2D eigenvalue weighted by molar-refractivity contribution is -0.384. The summed E-state index contributed by atoms with van der Waals surface area (Å²) in [6, 6.07) is 7.02. The Kier molecular flexibility index (Phi) is 8.05. The molecule has 0 aromatic heterocycles. The number of carbonyl (C=O) groups is 1. The van der Waals surface area contributed by atoms with Gasteiger partial charge in [0.1, 0.15) is 5.60 Å². The summed E-state index contributed by atoms with van der Waals surface area (Å²) in [6.45, 7) is 11.0. The highest BCUT2D eigenvalue weighted by molar-refractivity contribution is 7.59. The molecule has 1 aliphatic heterocycles. The van der Waals surface area contributed by atoms with E-state index in [0.29, 0.717) is 13.1 Å². The summed E-state index contributed by atoms with van der Waals surface area (Å²) in [5, 5.41) is 10.9. The summed E-state index contributed by atoms with van der Waals surface area (Å²) >= 11 is 0. The topological polar surface area (TPSA) is 75.9 Å². The van der Waals surface area contributed by atoms with Crippen molar-refractivity contribution in [3.05, 3.63) is 39.9 Å². The van der Waals surface area contributed by atoms with Crippen molar-refractivity contribution >= 4 is 25.2 Å². The molecule has 0 amide bonds. The molecule has 146 valence electrons. The smallest absolute Gasteiger partial charge is 0.320 e. The van der Waals surface area contributed by atoms with E-state index in [4.69, 9.17) is 4.74 Å². The lowest BCUT2D eigenvalue weighted by Gasteiger charge is -2.39. The van der Waals surface area contributed by atoms with E-state index >= 15 is 0 Å². The fourth-order valence-corrected chi connectivity index (χ4v) is 3.01. The molecular formula is C18H29N3O4S. The predicted molar refractivity (Wildman–Crippen MR) is 106 cm³/mol. The van der Waals surface area contributed by atoms with Crippen molar-refractivity contribution < 1.29 is 14.5 Å². The van der Waals surface area contributed by atoms with Crippen LogP contribution >= 0.6 is 13.5 Å².